The van der Waals surface area contributed by atoms with Crippen LogP contribution in [0, 0.1) is 6.92 Å². The van der Waals surface area contributed by atoms with Crippen LogP contribution in [-0.4, -0.2) is 12.1 Å². The summed E-state index contributed by atoms with van der Waals surface area (Å²) in [6, 6.07) is 24.3. The molecule has 0 aromatic heterocycles. The molecule has 0 bridgehead atoms. The zero-order chi connectivity index (χ0) is 19.7. The second-order valence-electron chi connectivity index (χ2n) is 6.88. The first-order valence-electron chi connectivity index (χ1n) is 9.03. The number of rotatable bonds is 4. The number of hydrogen-bond acceptors (Lipinski definition) is 3. The molecule has 0 spiro atoms. The van der Waals surface area contributed by atoms with Gasteiger partial charge in [-0.25, -0.2) is 8.42 Å². The van der Waals surface area contributed by atoms with Gasteiger partial charge < -0.3 is 0 Å². The van der Waals surface area contributed by atoms with E-state index in [9.17, 15) is 8.42 Å². The lowest BCUT2D eigenvalue weighted by Crippen LogP contribution is -2.25. The average Bonchev–Trinajstić information content (AvgIpc) is 3.16. The third kappa shape index (κ3) is 3.85. The van der Waals surface area contributed by atoms with Crippen LogP contribution in [-0.2, 0) is 10.0 Å². The molecule has 2 atom stereocenters. The summed E-state index contributed by atoms with van der Waals surface area (Å²) < 4.78 is 28.5. The molecule has 0 saturated carbocycles. The predicted molar refractivity (Wildman–Crippen MR) is 116 cm³/mol. The Morgan fingerprint density at radius 1 is 0.893 bits per heavy atom. The van der Waals surface area contributed by atoms with E-state index in [0.717, 1.165) is 16.7 Å². The summed E-state index contributed by atoms with van der Waals surface area (Å²) in [6.45, 7) is 1.95. The molecule has 6 heteroatoms. The number of aryl methyl sites for hydroxylation is 1. The zero-order valence-corrected chi connectivity index (χ0v) is 17.7. The maximum atomic E-state index is 13.5. The Bertz CT molecular complexity index is 1050. The first kappa shape index (κ1) is 19.5. The third-order valence-electron chi connectivity index (χ3n) is 4.90. The topological polar surface area (TPSA) is 37.4 Å². The molecule has 1 fully saturated rings. The molecule has 1 saturated heterocycles. The highest BCUT2D eigenvalue weighted by molar-refractivity contribution is 8.08. The Hall–Kier alpha value is -1.79. The van der Waals surface area contributed by atoms with Crippen LogP contribution in [0.1, 0.15) is 34.4 Å². The van der Waals surface area contributed by atoms with Crippen LogP contribution >= 0.6 is 23.5 Å². The van der Waals surface area contributed by atoms with Crippen LogP contribution in [0.3, 0.4) is 0 Å². The summed E-state index contributed by atoms with van der Waals surface area (Å²) in [5.41, 5.74) is 3.11. The van der Waals surface area contributed by atoms with Crippen molar-refractivity contribution in [3.63, 3.8) is 0 Å². The molecule has 1 aliphatic heterocycles. The predicted octanol–water partition coefficient (Wildman–Crippen LogP) is 6.17. The molecule has 1 heterocycles. The van der Waals surface area contributed by atoms with Crippen molar-refractivity contribution in [3.8, 4) is 0 Å². The van der Waals surface area contributed by atoms with Gasteiger partial charge in [-0.3, -0.25) is 0 Å². The Labute approximate surface area is 175 Å². The maximum absolute atomic E-state index is 13.5. The van der Waals surface area contributed by atoms with Crippen LogP contribution in [0.25, 0.3) is 0 Å². The van der Waals surface area contributed by atoms with Gasteiger partial charge in [0.2, 0.25) is 0 Å². The van der Waals surface area contributed by atoms with Crippen molar-refractivity contribution in [1.29, 1.82) is 0 Å². The molecule has 28 heavy (non-hydrogen) atoms. The van der Waals surface area contributed by atoms with E-state index in [1.807, 2.05) is 61.5 Å². The van der Waals surface area contributed by atoms with E-state index in [1.54, 1.807) is 15.8 Å². The molecule has 3 aromatic carbocycles. The summed E-state index contributed by atoms with van der Waals surface area (Å²) in [6.07, 6.45) is 0.710. The molecule has 4 rings (SSSR count). The van der Waals surface area contributed by atoms with Gasteiger partial charge in [0.05, 0.1) is 10.9 Å². The molecule has 0 radical (unpaired) electrons. The van der Waals surface area contributed by atoms with Crippen molar-refractivity contribution in [1.82, 2.24) is 3.71 Å². The van der Waals surface area contributed by atoms with Crippen molar-refractivity contribution >= 4 is 33.6 Å². The van der Waals surface area contributed by atoms with E-state index in [0.29, 0.717) is 16.3 Å². The fourth-order valence-corrected chi connectivity index (χ4v) is 6.91. The number of nitrogens with zero attached hydrogens (tertiary/aromatic N) is 1. The molecule has 144 valence electrons. The first-order valence-corrected chi connectivity index (χ1v) is 11.7. The number of halogens is 1. The lowest BCUT2D eigenvalue weighted by molar-refractivity contribution is 0.473. The van der Waals surface area contributed by atoms with Gasteiger partial charge in [0.15, 0.2) is 0 Å². The number of sulfonamides is 1. The van der Waals surface area contributed by atoms with Gasteiger partial charge in [0.25, 0.3) is 10.0 Å². The number of benzene rings is 3. The van der Waals surface area contributed by atoms with Crippen LogP contribution in [0.2, 0.25) is 5.02 Å². The van der Waals surface area contributed by atoms with Crippen molar-refractivity contribution in [3.05, 3.63) is 101 Å². The molecule has 0 unspecified atom stereocenters. The van der Waals surface area contributed by atoms with Gasteiger partial charge in [-0.1, -0.05) is 83.7 Å². The van der Waals surface area contributed by atoms with E-state index in [4.69, 9.17) is 11.6 Å². The van der Waals surface area contributed by atoms with E-state index in [1.165, 1.54) is 11.9 Å². The molecular weight excluding hydrogens is 410 g/mol. The van der Waals surface area contributed by atoms with Crippen molar-refractivity contribution in [2.75, 3.05) is 0 Å². The molecule has 3 aromatic rings. The number of hydrogen-bond donors (Lipinski definition) is 0. The van der Waals surface area contributed by atoms with Gasteiger partial charge in [0.1, 0.15) is 0 Å². The Balaban J connectivity index is 1.74. The maximum Gasteiger partial charge on any atom is 0.252 e. The van der Waals surface area contributed by atoms with Crippen molar-refractivity contribution in [2.24, 2.45) is 0 Å². The largest absolute Gasteiger partial charge is 0.252 e. The normalized spacial score (nSPS) is 20.4. The molecule has 0 amide bonds. The second-order valence-corrected chi connectivity index (χ2v) is 10.5. The molecule has 0 N–H and O–H groups in total. The van der Waals surface area contributed by atoms with Crippen LogP contribution < -0.4 is 0 Å². The first-order chi connectivity index (χ1) is 13.4. The Kier molecular flexibility index (Phi) is 5.52. The highest BCUT2D eigenvalue weighted by Gasteiger charge is 2.42. The minimum absolute atomic E-state index is 0.0714. The van der Waals surface area contributed by atoms with Gasteiger partial charge in [0, 0.05) is 10.3 Å². The van der Waals surface area contributed by atoms with E-state index in [-0.39, 0.29) is 11.3 Å². The van der Waals surface area contributed by atoms with Gasteiger partial charge >= 0.3 is 0 Å². The minimum atomic E-state index is -3.64. The summed E-state index contributed by atoms with van der Waals surface area (Å²) in [5, 5.41) is 0.712. The lowest BCUT2D eigenvalue weighted by Gasteiger charge is -2.23. The Morgan fingerprint density at radius 3 is 2.18 bits per heavy atom. The van der Waals surface area contributed by atoms with E-state index >= 15 is 0 Å². The fourth-order valence-electron chi connectivity index (χ4n) is 3.38. The lowest BCUT2D eigenvalue weighted by atomic mass is 9.99. The molecule has 1 aliphatic rings. The van der Waals surface area contributed by atoms with Crippen LogP contribution in [0.5, 0.6) is 0 Å². The third-order valence-corrected chi connectivity index (χ3v) is 8.78. The highest BCUT2D eigenvalue weighted by Crippen LogP contribution is 2.53. The van der Waals surface area contributed by atoms with E-state index in [2.05, 4.69) is 12.1 Å². The van der Waals surface area contributed by atoms with E-state index < -0.39 is 10.0 Å². The van der Waals surface area contributed by atoms with Gasteiger partial charge in [-0.2, -0.15) is 0 Å². The standard InChI is InChI=1S/C22H20ClNO2S2/c1-16-7-13-20(14-8-16)28(25,26)24-21(17-9-11-19(23)12-10-17)15-22(27-24)18-5-3-2-4-6-18/h2-14,21-22H,15H2,1H3/t21-,22+/m0/s1. The van der Waals surface area contributed by atoms with Gasteiger partial charge in [-0.15, -0.1) is 3.71 Å². The second kappa shape index (κ2) is 7.91. The fraction of sp³-hybridized carbons (Fsp3) is 0.182. The quantitative estimate of drug-likeness (QED) is 0.465. The summed E-state index contributed by atoms with van der Waals surface area (Å²) >= 11 is 7.43. The highest BCUT2D eigenvalue weighted by atomic mass is 35.5. The Morgan fingerprint density at radius 2 is 1.54 bits per heavy atom. The SMILES string of the molecule is Cc1ccc(S(=O)(=O)N2S[C@@H](c3ccccc3)C[C@H]2c2ccc(Cl)cc2)cc1. The average molecular weight is 430 g/mol. The molecule has 3 nitrogen and oxygen atoms in total. The molecule has 0 aliphatic carbocycles. The summed E-state index contributed by atoms with van der Waals surface area (Å²) in [7, 11) is -3.64. The summed E-state index contributed by atoms with van der Waals surface area (Å²) in [4.78, 5) is 0.318. The van der Waals surface area contributed by atoms with Crippen LogP contribution in [0.4, 0.5) is 0 Å². The smallest absolute Gasteiger partial charge is 0.206 e. The monoisotopic (exact) mass is 429 g/mol. The summed E-state index contributed by atoms with van der Waals surface area (Å²) in [5.74, 6) is 0. The zero-order valence-electron chi connectivity index (χ0n) is 15.3. The van der Waals surface area contributed by atoms with Gasteiger partial charge in [-0.05, 0) is 48.7 Å². The molecular formula is C22H20ClNO2S2. The minimum Gasteiger partial charge on any atom is -0.206 e. The van der Waals surface area contributed by atoms with Crippen molar-refractivity contribution in [2.45, 2.75) is 29.5 Å². The van der Waals surface area contributed by atoms with Crippen molar-refractivity contribution < 1.29 is 8.42 Å². The van der Waals surface area contributed by atoms with Crippen LogP contribution in [0.15, 0.2) is 83.8 Å².